The summed E-state index contributed by atoms with van der Waals surface area (Å²) in [6, 6.07) is 8.54. The van der Waals surface area contributed by atoms with Gasteiger partial charge in [-0.05, 0) is 36.8 Å². The number of imidazole rings is 1. The van der Waals surface area contributed by atoms with Crippen LogP contribution in [0.15, 0.2) is 30.5 Å². The minimum Gasteiger partial charge on any atom is -0.392 e. The second-order valence-corrected chi connectivity index (χ2v) is 7.65. The van der Waals surface area contributed by atoms with Gasteiger partial charge in [-0.2, -0.15) is 0 Å². The van der Waals surface area contributed by atoms with E-state index in [9.17, 15) is 5.11 Å². The second kappa shape index (κ2) is 7.91. The topological polar surface area (TPSA) is 50.5 Å². The highest BCUT2D eigenvalue weighted by Gasteiger charge is 2.27. The lowest BCUT2D eigenvalue weighted by molar-refractivity contribution is 0.124. The predicted octanol–water partition coefficient (Wildman–Crippen LogP) is 2.92. The molecule has 1 aromatic heterocycles. The maximum atomic E-state index is 9.18. The Morgan fingerprint density at radius 3 is 2.65 bits per heavy atom. The van der Waals surface area contributed by atoms with Crippen LogP contribution in [-0.4, -0.2) is 39.3 Å². The van der Waals surface area contributed by atoms with Crippen molar-refractivity contribution < 1.29 is 9.84 Å². The number of ether oxygens (including phenoxy) is 1. The number of aliphatic hydroxyl groups is 1. The summed E-state index contributed by atoms with van der Waals surface area (Å²) in [5.41, 5.74) is 3.54. The smallest absolute Gasteiger partial charge is 0.126 e. The number of benzene rings is 1. The summed E-state index contributed by atoms with van der Waals surface area (Å²) in [5.74, 6) is 2.00. The highest BCUT2D eigenvalue weighted by Crippen LogP contribution is 2.29. The van der Waals surface area contributed by atoms with E-state index in [2.05, 4.69) is 28.5 Å². The predicted molar refractivity (Wildman–Crippen MR) is 101 cm³/mol. The average Bonchev–Trinajstić information content (AvgIpc) is 3.40. The summed E-state index contributed by atoms with van der Waals surface area (Å²) >= 11 is 0. The van der Waals surface area contributed by atoms with Gasteiger partial charge in [0.25, 0.3) is 0 Å². The van der Waals surface area contributed by atoms with Gasteiger partial charge in [-0.1, -0.05) is 24.3 Å². The van der Waals surface area contributed by atoms with E-state index in [4.69, 9.17) is 9.72 Å². The van der Waals surface area contributed by atoms with Crippen molar-refractivity contribution in [2.75, 3.05) is 19.8 Å². The first-order valence-corrected chi connectivity index (χ1v) is 9.79. The van der Waals surface area contributed by atoms with Crippen LogP contribution in [0.5, 0.6) is 0 Å². The van der Waals surface area contributed by atoms with E-state index >= 15 is 0 Å². The van der Waals surface area contributed by atoms with Crippen molar-refractivity contribution in [3.8, 4) is 0 Å². The maximum absolute atomic E-state index is 9.18. The van der Waals surface area contributed by atoms with Gasteiger partial charge < -0.3 is 14.4 Å². The maximum Gasteiger partial charge on any atom is 0.126 e. The number of aromatic nitrogens is 2. The third-order valence-corrected chi connectivity index (χ3v) is 5.65. The highest BCUT2D eigenvalue weighted by atomic mass is 16.5. The van der Waals surface area contributed by atoms with E-state index in [0.717, 1.165) is 50.8 Å². The number of fused-ring (bicyclic) bond motifs is 1. The van der Waals surface area contributed by atoms with E-state index in [1.165, 1.54) is 29.9 Å². The number of hydrogen-bond acceptors (Lipinski definition) is 4. The normalized spacial score (nSPS) is 20.3. The fourth-order valence-corrected chi connectivity index (χ4v) is 3.72. The number of rotatable bonds is 8. The largest absolute Gasteiger partial charge is 0.392 e. The SMILES string of the molecule is C[C@@H]1c2ncc(CCOCC3CC3)n2CCN1Cc1ccc(CO)cc1. The molecule has 140 valence electrons. The highest BCUT2D eigenvalue weighted by molar-refractivity contribution is 5.22. The molecule has 5 nitrogen and oxygen atoms in total. The number of aliphatic hydroxyl groups excluding tert-OH is 1. The third-order valence-electron chi connectivity index (χ3n) is 5.65. The van der Waals surface area contributed by atoms with Crippen LogP contribution >= 0.6 is 0 Å². The van der Waals surface area contributed by atoms with Crippen LogP contribution in [-0.2, 0) is 30.9 Å². The first kappa shape index (κ1) is 17.7. The van der Waals surface area contributed by atoms with Crippen molar-refractivity contribution in [3.63, 3.8) is 0 Å². The molecule has 2 aromatic rings. The quantitative estimate of drug-likeness (QED) is 0.740. The zero-order valence-electron chi connectivity index (χ0n) is 15.6. The molecule has 1 saturated carbocycles. The molecular weight excluding hydrogens is 326 g/mol. The van der Waals surface area contributed by atoms with Gasteiger partial charge in [-0.25, -0.2) is 4.98 Å². The summed E-state index contributed by atoms with van der Waals surface area (Å²) in [7, 11) is 0. The van der Waals surface area contributed by atoms with Crippen molar-refractivity contribution in [1.82, 2.24) is 14.5 Å². The summed E-state index contributed by atoms with van der Waals surface area (Å²) < 4.78 is 8.18. The van der Waals surface area contributed by atoms with Crippen molar-refractivity contribution >= 4 is 0 Å². The Morgan fingerprint density at radius 1 is 1.15 bits per heavy atom. The van der Waals surface area contributed by atoms with Crippen LogP contribution < -0.4 is 0 Å². The summed E-state index contributed by atoms with van der Waals surface area (Å²) in [4.78, 5) is 7.19. The van der Waals surface area contributed by atoms with E-state index in [1.807, 2.05) is 18.3 Å². The second-order valence-electron chi connectivity index (χ2n) is 7.65. The summed E-state index contributed by atoms with van der Waals surface area (Å²) in [6.45, 7) is 7.02. The Balaban J connectivity index is 1.35. The molecule has 0 unspecified atom stereocenters. The van der Waals surface area contributed by atoms with Gasteiger partial charge in [0, 0.05) is 44.6 Å². The summed E-state index contributed by atoms with van der Waals surface area (Å²) in [5, 5.41) is 9.18. The monoisotopic (exact) mass is 355 g/mol. The van der Waals surface area contributed by atoms with Gasteiger partial charge in [-0.3, -0.25) is 4.90 Å². The molecule has 1 atom stereocenters. The Morgan fingerprint density at radius 2 is 1.92 bits per heavy atom. The van der Waals surface area contributed by atoms with Crippen molar-refractivity contribution in [2.45, 2.75) is 51.9 Å². The summed E-state index contributed by atoms with van der Waals surface area (Å²) in [6.07, 6.45) is 5.68. The molecule has 0 saturated heterocycles. The van der Waals surface area contributed by atoms with Crippen LogP contribution in [0.1, 0.15) is 48.5 Å². The molecule has 1 aliphatic heterocycles. The standard InChI is InChI=1S/C21H29N3O2/c1-16-21-22-12-20(8-11-26-15-19-6-7-19)24(21)10-9-23(16)13-17-2-4-18(14-25)5-3-17/h2-5,12,16,19,25H,6-11,13-15H2,1H3/t16-/m1/s1. The van der Waals surface area contributed by atoms with E-state index in [1.54, 1.807) is 0 Å². The fraction of sp³-hybridized carbons (Fsp3) is 0.571. The Labute approximate surface area is 155 Å². The molecule has 1 fully saturated rings. The van der Waals surface area contributed by atoms with E-state index in [0.29, 0.717) is 6.04 Å². The molecular formula is C21H29N3O2. The van der Waals surface area contributed by atoms with Gasteiger partial charge in [-0.15, -0.1) is 0 Å². The van der Waals surface area contributed by atoms with Gasteiger partial charge in [0.15, 0.2) is 0 Å². The van der Waals surface area contributed by atoms with Crippen LogP contribution in [0.25, 0.3) is 0 Å². The molecule has 5 heteroatoms. The van der Waals surface area contributed by atoms with Gasteiger partial charge in [0.05, 0.1) is 19.3 Å². The van der Waals surface area contributed by atoms with Crippen LogP contribution in [0.3, 0.4) is 0 Å². The molecule has 0 radical (unpaired) electrons. The lowest BCUT2D eigenvalue weighted by Crippen LogP contribution is -2.37. The molecule has 1 aliphatic carbocycles. The van der Waals surface area contributed by atoms with Crippen molar-refractivity contribution in [3.05, 3.63) is 53.1 Å². The molecule has 1 N–H and O–H groups in total. The van der Waals surface area contributed by atoms with Crippen LogP contribution in [0.4, 0.5) is 0 Å². The molecule has 0 amide bonds. The molecule has 2 aliphatic rings. The Kier molecular flexibility index (Phi) is 5.38. The molecule has 26 heavy (non-hydrogen) atoms. The first-order valence-electron chi connectivity index (χ1n) is 9.79. The van der Waals surface area contributed by atoms with Crippen molar-refractivity contribution in [1.29, 1.82) is 0 Å². The van der Waals surface area contributed by atoms with E-state index in [-0.39, 0.29) is 6.61 Å². The lowest BCUT2D eigenvalue weighted by Gasteiger charge is -2.34. The van der Waals surface area contributed by atoms with Gasteiger partial charge >= 0.3 is 0 Å². The first-order chi connectivity index (χ1) is 12.7. The van der Waals surface area contributed by atoms with E-state index < -0.39 is 0 Å². The minimum absolute atomic E-state index is 0.102. The molecule has 0 bridgehead atoms. The molecule has 2 heterocycles. The average molecular weight is 355 g/mol. The Bertz CT molecular complexity index is 721. The molecule has 4 rings (SSSR count). The van der Waals surface area contributed by atoms with Crippen LogP contribution in [0.2, 0.25) is 0 Å². The lowest BCUT2D eigenvalue weighted by atomic mass is 10.1. The Hall–Kier alpha value is -1.69. The van der Waals surface area contributed by atoms with Gasteiger partial charge in [0.2, 0.25) is 0 Å². The number of nitrogens with zero attached hydrogens (tertiary/aromatic N) is 3. The molecule has 1 aromatic carbocycles. The van der Waals surface area contributed by atoms with Crippen molar-refractivity contribution in [2.24, 2.45) is 5.92 Å². The zero-order valence-corrected chi connectivity index (χ0v) is 15.6. The third kappa shape index (κ3) is 4.00. The van der Waals surface area contributed by atoms with Crippen LogP contribution in [0, 0.1) is 5.92 Å². The van der Waals surface area contributed by atoms with Gasteiger partial charge in [0.1, 0.15) is 5.82 Å². The molecule has 0 spiro atoms. The fourth-order valence-electron chi connectivity index (χ4n) is 3.72. The minimum atomic E-state index is 0.102. The zero-order chi connectivity index (χ0) is 17.9. The number of hydrogen-bond donors (Lipinski definition) is 1.